The van der Waals surface area contributed by atoms with Crippen molar-refractivity contribution in [2.75, 3.05) is 17.7 Å². The highest BCUT2D eigenvalue weighted by Gasteiger charge is 2.05. The SMILES string of the molecule is CN(Cc1cscn1)c1cc(N)cc(F)c1. The Balaban J connectivity index is 2.17. The Bertz CT molecular complexity index is 450. The molecule has 0 saturated heterocycles. The van der Waals surface area contributed by atoms with Crippen LogP contribution >= 0.6 is 11.3 Å². The Morgan fingerprint density at radius 1 is 1.44 bits per heavy atom. The number of nitrogens with two attached hydrogens (primary N) is 1. The quantitative estimate of drug-likeness (QED) is 0.834. The summed E-state index contributed by atoms with van der Waals surface area (Å²) in [6.45, 7) is 0.645. The van der Waals surface area contributed by atoms with Crippen LogP contribution in [-0.2, 0) is 6.54 Å². The van der Waals surface area contributed by atoms with E-state index in [9.17, 15) is 4.39 Å². The van der Waals surface area contributed by atoms with Crippen molar-refractivity contribution in [3.05, 3.63) is 40.6 Å². The monoisotopic (exact) mass is 237 g/mol. The highest BCUT2D eigenvalue weighted by molar-refractivity contribution is 7.07. The summed E-state index contributed by atoms with van der Waals surface area (Å²) in [4.78, 5) is 6.09. The average Bonchev–Trinajstić information content (AvgIpc) is 2.68. The first kappa shape index (κ1) is 10.9. The predicted molar refractivity (Wildman–Crippen MR) is 65.0 cm³/mol. The van der Waals surface area contributed by atoms with E-state index in [1.54, 1.807) is 22.9 Å². The van der Waals surface area contributed by atoms with E-state index in [1.165, 1.54) is 12.1 Å². The minimum absolute atomic E-state index is 0.319. The smallest absolute Gasteiger partial charge is 0.127 e. The number of hydrogen-bond acceptors (Lipinski definition) is 4. The van der Waals surface area contributed by atoms with Crippen molar-refractivity contribution in [1.29, 1.82) is 0 Å². The van der Waals surface area contributed by atoms with Crippen LogP contribution in [0.25, 0.3) is 0 Å². The van der Waals surface area contributed by atoms with Gasteiger partial charge in [0.2, 0.25) is 0 Å². The van der Waals surface area contributed by atoms with Gasteiger partial charge in [0.05, 0.1) is 17.7 Å². The maximum atomic E-state index is 13.1. The fourth-order valence-corrected chi connectivity index (χ4v) is 2.02. The molecule has 2 N–H and O–H groups in total. The Morgan fingerprint density at radius 3 is 2.88 bits per heavy atom. The van der Waals surface area contributed by atoms with E-state index in [-0.39, 0.29) is 5.82 Å². The summed E-state index contributed by atoms with van der Waals surface area (Å²) in [5.74, 6) is -0.319. The molecule has 2 rings (SSSR count). The second-order valence-corrected chi connectivity index (χ2v) is 4.30. The van der Waals surface area contributed by atoms with E-state index in [1.807, 2.05) is 17.3 Å². The molecule has 0 saturated carbocycles. The summed E-state index contributed by atoms with van der Waals surface area (Å²) >= 11 is 1.55. The van der Waals surface area contributed by atoms with Crippen LogP contribution in [0, 0.1) is 5.82 Å². The third kappa shape index (κ3) is 2.49. The number of rotatable bonds is 3. The number of halogens is 1. The lowest BCUT2D eigenvalue weighted by Crippen LogP contribution is -2.16. The summed E-state index contributed by atoms with van der Waals surface area (Å²) < 4.78 is 13.1. The number of hydrogen-bond donors (Lipinski definition) is 1. The van der Waals surface area contributed by atoms with Crippen LogP contribution in [0.15, 0.2) is 29.1 Å². The second kappa shape index (κ2) is 4.49. The second-order valence-electron chi connectivity index (χ2n) is 3.58. The van der Waals surface area contributed by atoms with Gasteiger partial charge in [0, 0.05) is 23.8 Å². The van der Waals surface area contributed by atoms with Gasteiger partial charge in [-0.3, -0.25) is 0 Å². The van der Waals surface area contributed by atoms with Gasteiger partial charge in [-0.1, -0.05) is 0 Å². The molecule has 1 aromatic heterocycles. The molecular weight excluding hydrogens is 225 g/mol. The van der Waals surface area contributed by atoms with Crippen molar-refractivity contribution in [3.8, 4) is 0 Å². The molecule has 0 aliphatic rings. The summed E-state index contributed by atoms with van der Waals surface area (Å²) in [5.41, 5.74) is 9.52. The number of nitrogens with zero attached hydrogens (tertiary/aromatic N) is 2. The lowest BCUT2D eigenvalue weighted by atomic mass is 10.2. The van der Waals surface area contributed by atoms with Gasteiger partial charge in [-0.2, -0.15) is 0 Å². The van der Waals surface area contributed by atoms with E-state index in [0.29, 0.717) is 12.2 Å². The van der Waals surface area contributed by atoms with Crippen LogP contribution in [0.4, 0.5) is 15.8 Å². The molecule has 0 atom stereocenters. The Morgan fingerprint density at radius 2 is 2.25 bits per heavy atom. The molecular formula is C11H12FN3S. The lowest BCUT2D eigenvalue weighted by Gasteiger charge is -2.18. The molecule has 2 aromatic rings. The zero-order valence-corrected chi connectivity index (χ0v) is 9.67. The molecule has 0 spiro atoms. The van der Waals surface area contributed by atoms with Crippen molar-refractivity contribution in [3.63, 3.8) is 0 Å². The Labute approximate surface area is 97.3 Å². The van der Waals surface area contributed by atoms with Gasteiger partial charge in [-0.15, -0.1) is 11.3 Å². The molecule has 3 nitrogen and oxygen atoms in total. The van der Waals surface area contributed by atoms with Crippen LogP contribution in [0.3, 0.4) is 0 Å². The highest BCUT2D eigenvalue weighted by atomic mass is 32.1. The van der Waals surface area contributed by atoms with Crippen molar-refractivity contribution in [2.45, 2.75) is 6.54 Å². The van der Waals surface area contributed by atoms with Gasteiger partial charge in [-0.25, -0.2) is 9.37 Å². The maximum Gasteiger partial charge on any atom is 0.127 e. The fourth-order valence-electron chi connectivity index (χ4n) is 1.47. The van der Waals surface area contributed by atoms with Crippen LogP contribution in [0.2, 0.25) is 0 Å². The summed E-state index contributed by atoms with van der Waals surface area (Å²) in [6.07, 6.45) is 0. The van der Waals surface area contributed by atoms with Crippen LogP contribution in [-0.4, -0.2) is 12.0 Å². The minimum Gasteiger partial charge on any atom is -0.399 e. The van der Waals surface area contributed by atoms with E-state index < -0.39 is 0 Å². The largest absolute Gasteiger partial charge is 0.399 e. The van der Waals surface area contributed by atoms with Crippen LogP contribution in [0.1, 0.15) is 5.69 Å². The van der Waals surface area contributed by atoms with Crippen molar-refractivity contribution < 1.29 is 4.39 Å². The number of thiazole rings is 1. The molecule has 84 valence electrons. The van der Waals surface area contributed by atoms with Crippen molar-refractivity contribution >= 4 is 22.7 Å². The maximum absolute atomic E-state index is 13.1. The Hall–Kier alpha value is -1.62. The highest BCUT2D eigenvalue weighted by Crippen LogP contribution is 2.20. The minimum atomic E-state index is -0.319. The molecule has 0 amide bonds. The third-order valence-corrected chi connectivity index (χ3v) is 2.86. The van der Waals surface area contributed by atoms with E-state index >= 15 is 0 Å². The van der Waals surface area contributed by atoms with E-state index in [4.69, 9.17) is 5.73 Å². The molecule has 5 heteroatoms. The van der Waals surface area contributed by atoms with Crippen molar-refractivity contribution in [2.24, 2.45) is 0 Å². The van der Waals surface area contributed by atoms with Gasteiger partial charge < -0.3 is 10.6 Å². The molecule has 0 unspecified atom stereocenters. The fraction of sp³-hybridized carbons (Fsp3) is 0.182. The topological polar surface area (TPSA) is 42.2 Å². The first-order valence-electron chi connectivity index (χ1n) is 4.79. The van der Waals surface area contributed by atoms with Gasteiger partial charge >= 0.3 is 0 Å². The van der Waals surface area contributed by atoms with Crippen LogP contribution in [0.5, 0.6) is 0 Å². The molecule has 0 aliphatic heterocycles. The lowest BCUT2D eigenvalue weighted by molar-refractivity contribution is 0.627. The van der Waals surface area contributed by atoms with E-state index in [0.717, 1.165) is 11.4 Å². The molecule has 1 aromatic carbocycles. The number of aromatic nitrogens is 1. The summed E-state index contributed by atoms with van der Waals surface area (Å²) in [5, 5.41) is 1.97. The molecule has 0 bridgehead atoms. The van der Waals surface area contributed by atoms with Gasteiger partial charge in [0.15, 0.2) is 0 Å². The van der Waals surface area contributed by atoms with Crippen molar-refractivity contribution in [1.82, 2.24) is 4.98 Å². The molecule has 16 heavy (non-hydrogen) atoms. The average molecular weight is 237 g/mol. The Kier molecular flexibility index (Phi) is 3.05. The number of nitrogen functional groups attached to an aromatic ring is 1. The first-order chi connectivity index (χ1) is 7.65. The van der Waals surface area contributed by atoms with Gasteiger partial charge in [0.25, 0.3) is 0 Å². The first-order valence-corrected chi connectivity index (χ1v) is 5.74. The zero-order chi connectivity index (χ0) is 11.5. The normalized spacial score (nSPS) is 10.4. The summed E-state index contributed by atoms with van der Waals surface area (Å²) in [6, 6.07) is 4.51. The predicted octanol–water partition coefficient (Wildman–Crippen LogP) is 2.50. The molecule has 0 radical (unpaired) electrons. The number of benzene rings is 1. The molecule has 0 fully saturated rings. The summed E-state index contributed by atoms with van der Waals surface area (Å²) in [7, 11) is 1.88. The van der Waals surface area contributed by atoms with Gasteiger partial charge in [0.1, 0.15) is 5.82 Å². The third-order valence-electron chi connectivity index (χ3n) is 2.23. The molecule has 0 aliphatic carbocycles. The van der Waals surface area contributed by atoms with Crippen LogP contribution < -0.4 is 10.6 Å². The molecule has 1 heterocycles. The van der Waals surface area contributed by atoms with E-state index in [2.05, 4.69) is 4.98 Å². The zero-order valence-electron chi connectivity index (χ0n) is 8.85. The standard InChI is InChI=1S/C11H12FN3S/c1-15(5-10-6-16-7-14-10)11-3-8(12)2-9(13)4-11/h2-4,6-7H,5,13H2,1H3. The van der Waals surface area contributed by atoms with Gasteiger partial charge in [-0.05, 0) is 18.2 Å². The number of anilines is 2.